The van der Waals surface area contributed by atoms with E-state index in [4.69, 9.17) is 18.9 Å². The molecule has 0 aliphatic carbocycles. The summed E-state index contributed by atoms with van der Waals surface area (Å²) in [5, 5.41) is 0. The molecule has 1 saturated heterocycles. The molecule has 5 nitrogen and oxygen atoms in total. The number of rotatable bonds is 7. The maximum Gasteiger partial charge on any atom is 0.303 e. The van der Waals surface area contributed by atoms with Crippen molar-refractivity contribution in [2.45, 2.75) is 19.1 Å². The Labute approximate surface area is 112 Å². The van der Waals surface area contributed by atoms with Crippen molar-refractivity contribution in [1.82, 2.24) is 0 Å². The number of hydrogen-bond acceptors (Lipinski definition) is 5. The fourth-order valence-corrected chi connectivity index (χ4v) is 1.68. The summed E-state index contributed by atoms with van der Waals surface area (Å²) in [5.41, 5.74) is 0.882. The van der Waals surface area contributed by atoms with Crippen LogP contribution in [0.4, 0.5) is 0 Å². The highest BCUT2D eigenvalue weighted by molar-refractivity contribution is 5.66. The molecule has 2 rings (SSSR count). The highest BCUT2D eigenvalue weighted by Gasteiger charge is 2.23. The van der Waals surface area contributed by atoms with E-state index in [-0.39, 0.29) is 18.2 Å². The summed E-state index contributed by atoms with van der Waals surface area (Å²) in [5.74, 6) is 0.450. The maximum atomic E-state index is 11.0. The molecule has 1 aromatic rings. The second kappa shape index (κ2) is 6.54. The van der Waals surface area contributed by atoms with Crippen molar-refractivity contribution in [3.05, 3.63) is 29.8 Å². The smallest absolute Gasteiger partial charge is 0.303 e. The lowest BCUT2D eigenvalue weighted by molar-refractivity contribution is -0.149. The average molecular weight is 266 g/mol. The van der Waals surface area contributed by atoms with Crippen LogP contribution < -0.4 is 4.74 Å². The molecule has 19 heavy (non-hydrogen) atoms. The summed E-state index contributed by atoms with van der Waals surface area (Å²) in [6, 6.07) is 7.44. The van der Waals surface area contributed by atoms with Crippen LogP contribution >= 0.6 is 0 Å². The van der Waals surface area contributed by atoms with Crippen molar-refractivity contribution < 1.29 is 23.7 Å². The second-order valence-electron chi connectivity index (χ2n) is 4.39. The first-order valence-electron chi connectivity index (χ1n) is 6.19. The number of methoxy groups -OCH3 is 1. The second-order valence-corrected chi connectivity index (χ2v) is 4.39. The first-order chi connectivity index (χ1) is 9.19. The lowest BCUT2D eigenvalue weighted by Gasteiger charge is -2.16. The first-order valence-corrected chi connectivity index (χ1v) is 6.19. The summed E-state index contributed by atoms with van der Waals surface area (Å²) < 4.78 is 20.9. The zero-order chi connectivity index (χ0) is 13.7. The van der Waals surface area contributed by atoms with E-state index in [1.807, 2.05) is 24.3 Å². The van der Waals surface area contributed by atoms with Crippen LogP contribution in [0.15, 0.2) is 24.3 Å². The van der Waals surface area contributed by atoms with Crippen LogP contribution in [0.2, 0.25) is 0 Å². The van der Waals surface area contributed by atoms with Gasteiger partial charge in [-0.25, -0.2) is 0 Å². The Hall–Kier alpha value is -1.59. The summed E-state index contributed by atoms with van der Waals surface area (Å²) in [4.78, 5) is 11.0. The maximum absolute atomic E-state index is 11.0. The number of benzene rings is 1. The molecular weight excluding hydrogens is 248 g/mol. The molecule has 0 amide bonds. The average Bonchev–Trinajstić information content (AvgIpc) is 3.20. The van der Waals surface area contributed by atoms with Crippen molar-refractivity contribution >= 4 is 5.97 Å². The normalized spacial score (nSPS) is 18.7. The van der Waals surface area contributed by atoms with E-state index in [0.717, 1.165) is 17.9 Å². The summed E-state index contributed by atoms with van der Waals surface area (Å²) in [7, 11) is 1.57. The molecule has 0 radical (unpaired) electrons. The van der Waals surface area contributed by atoms with Gasteiger partial charge in [0.15, 0.2) is 6.10 Å². The largest absolute Gasteiger partial charge is 0.491 e. The van der Waals surface area contributed by atoms with Gasteiger partial charge in [0.1, 0.15) is 18.5 Å². The number of hydrogen-bond donors (Lipinski definition) is 0. The van der Waals surface area contributed by atoms with Gasteiger partial charge in [-0.1, -0.05) is 12.1 Å². The van der Waals surface area contributed by atoms with E-state index in [0.29, 0.717) is 13.2 Å². The molecule has 2 unspecified atom stereocenters. The van der Waals surface area contributed by atoms with Crippen LogP contribution in [0.25, 0.3) is 0 Å². The van der Waals surface area contributed by atoms with Crippen molar-refractivity contribution in [2.24, 2.45) is 0 Å². The van der Waals surface area contributed by atoms with E-state index >= 15 is 0 Å². The van der Waals surface area contributed by atoms with E-state index in [9.17, 15) is 4.79 Å². The van der Waals surface area contributed by atoms with Gasteiger partial charge < -0.3 is 18.9 Å². The van der Waals surface area contributed by atoms with E-state index in [1.165, 1.54) is 6.92 Å². The van der Waals surface area contributed by atoms with Crippen LogP contribution in [0.3, 0.4) is 0 Å². The van der Waals surface area contributed by atoms with Gasteiger partial charge in [-0.2, -0.15) is 0 Å². The highest BCUT2D eigenvalue weighted by Crippen LogP contribution is 2.22. The predicted octanol–water partition coefficient (Wildman–Crippen LogP) is 1.71. The lowest BCUT2D eigenvalue weighted by Crippen LogP contribution is -2.13. The van der Waals surface area contributed by atoms with Crippen LogP contribution in [0, 0.1) is 0 Å². The molecule has 1 fully saturated rings. The molecule has 1 aliphatic heterocycles. The molecule has 0 N–H and O–H groups in total. The first kappa shape index (κ1) is 13.8. The minimum atomic E-state index is -0.386. The van der Waals surface area contributed by atoms with Crippen molar-refractivity contribution in [3.8, 4) is 5.75 Å². The molecule has 1 heterocycles. The topological polar surface area (TPSA) is 57.3 Å². The Balaban J connectivity index is 1.94. The van der Waals surface area contributed by atoms with Crippen LogP contribution in [0.1, 0.15) is 18.6 Å². The van der Waals surface area contributed by atoms with Crippen molar-refractivity contribution in [3.63, 3.8) is 0 Å². The Bertz CT molecular complexity index is 410. The Morgan fingerprint density at radius 2 is 2.11 bits per heavy atom. The molecule has 0 aromatic heterocycles. The molecule has 1 aliphatic rings. The van der Waals surface area contributed by atoms with Gasteiger partial charge in [0.25, 0.3) is 0 Å². The zero-order valence-electron chi connectivity index (χ0n) is 11.1. The van der Waals surface area contributed by atoms with Crippen LogP contribution in [-0.4, -0.2) is 39.0 Å². The van der Waals surface area contributed by atoms with Gasteiger partial charge in [0.05, 0.1) is 13.2 Å². The molecule has 0 saturated carbocycles. The third kappa shape index (κ3) is 4.54. The number of ether oxygens (including phenoxy) is 4. The van der Waals surface area contributed by atoms with E-state index < -0.39 is 0 Å². The molecule has 104 valence electrons. The highest BCUT2D eigenvalue weighted by atomic mass is 16.6. The van der Waals surface area contributed by atoms with Crippen molar-refractivity contribution in [2.75, 3.05) is 26.9 Å². The Kier molecular flexibility index (Phi) is 4.76. The number of carbonyl (C=O) groups is 1. The summed E-state index contributed by atoms with van der Waals surface area (Å²) in [6.07, 6.45) is -0.148. The van der Waals surface area contributed by atoms with Gasteiger partial charge in [-0.3, -0.25) is 4.79 Å². The Morgan fingerprint density at radius 3 is 2.63 bits per heavy atom. The van der Waals surface area contributed by atoms with Crippen LogP contribution in [-0.2, 0) is 19.0 Å². The molecule has 0 bridgehead atoms. The minimum absolute atomic E-state index is 0.238. The number of carbonyl (C=O) groups excluding carboxylic acids is 1. The predicted molar refractivity (Wildman–Crippen MR) is 68.1 cm³/mol. The quantitative estimate of drug-likeness (QED) is 0.555. The fraction of sp³-hybridized carbons (Fsp3) is 0.500. The SMILES string of the molecule is COCC(OC(C)=O)c1ccc(OCC2CO2)cc1. The minimum Gasteiger partial charge on any atom is -0.491 e. The summed E-state index contributed by atoms with van der Waals surface area (Å²) in [6.45, 7) is 3.07. The van der Waals surface area contributed by atoms with Gasteiger partial charge >= 0.3 is 5.97 Å². The monoisotopic (exact) mass is 266 g/mol. The standard InChI is InChI=1S/C14H18O5/c1-10(15)19-14(9-16-2)11-3-5-12(6-4-11)17-7-13-8-18-13/h3-6,13-14H,7-9H2,1-2H3. The molecule has 5 heteroatoms. The van der Waals surface area contributed by atoms with Gasteiger partial charge in [-0.15, -0.1) is 0 Å². The van der Waals surface area contributed by atoms with Gasteiger partial charge in [-0.05, 0) is 17.7 Å². The van der Waals surface area contributed by atoms with Gasteiger partial charge in [0, 0.05) is 14.0 Å². The summed E-state index contributed by atoms with van der Waals surface area (Å²) >= 11 is 0. The van der Waals surface area contributed by atoms with E-state index in [1.54, 1.807) is 7.11 Å². The van der Waals surface area contributed by atoms with Crippen molar-refractivity contribution in [1.29, 1.82) is 0 Å². The number of epoxide rings is 1. The lowest BCUT2D eigenvalue weighted by atomic mass is 10.1. The Morgan fingerprint density at radius 1 is 1.42 bits per heavy atom. The molecule has 1 aromatic carbocycles. The zero-order valence-corrected chi connectivity index (χ0v) is 11.1. The third-order valence-electron chi connectivity index (χ3n) is 2.72. The van der Waals surface area contributed by atoms with Crippen LogP contribution in [0.5, 0.6) is 5.75 Å². The third-order valence-corrected chi connectivity index (χ3v) is 2.72. The molecule has 2 atom stereocenters. The molecular formula is C14H18O5. The number of esters is 1. The van der Waals surface area contributed by atoms with Gasteiger partial charge in [0.2, 0.25) is 0 Å². The van der Waals surface area contributed by atoms with E-state index in [2.05, 4.69) is 0 Å². The molecule has 0 spiro atoms. The fourth-order valence-electron chi connectivity index (χ4n) is 1.68.